The number of aromatic amines is 1. The minimum absolute atomic E-state index is 0.0242. The van der Waals surface area contributed by atoms with Crippen LogP contribution < -0.4 is 15.1 Å². The van der Waals surface area contributed by atoms with Crippen LogP contribution in [0.15, 0.2) is 24.4 Å². The Hall–Kier alpha value is -3.87. The van der Waals surface area contributed by atoms with Crippen LogP contribution in [0.4, 0.5) is 22.1 Å². The standard InChI is InChI=1S/C24H28N8O2/c1-24(15-27-23(33)34-2)7-10-31(11-8-24)19-14-26-20-21(28-19)29-30-22(20)32-9-3-4-17-12-16(13-25)5-6-18(17)32/h5-6,12,14H,3-4,7-11,15H2,1-2H3,(H,27,33)(H,28,29,30). The lowest BCUT2D eigenvalue weighted by Gasteiger charge is -2.39. The Bertz CT molecular complexity index is 1260. The fourth-order valence-electron chi connectivity index (χ4n) is 4.82. The van der Waals surface area contributed by atoms with Crippen molar-refractivity contribution in [2.45, 2.75) is 32.6 Å². The maximum atomic E-state index is 11.4. The molecule has 1 fully saturated rings. The molecule has 3 aromatic rings. The van der Waals surface area contributed by atoms with Gasteiger partial charge in [-0.2, -0.15) is 10.4 Å². The van der Waals surface area contributed by atoms with Gasteiger partial charge in [-0.05, 0) is 54.9 Å². The minimum Gasteiger partial charge on any atom is -0.453 e. The van der Waals surface area contributed by atoms with Crippen LogP contribution in [0.3, 0.4) is 0 Å². The van der Waals surface area contributed by atoms with Crippen molar-refractivity contribution in [2.75, 3.05) is 43.1 Å². The van der Waals surface area contributed by atoms with E-state index in [4.69, 9.17) is 9.97 Å². The third-order valence-electron chi connectivity index (χ3n) is 6.96. The molecule has 2 aliphatic rings. The summed E-state index contributed by atoms with van der Waals surface area (Å²) in [5.74, 6) is 1.59. The van der Waals surface area contributed by atoms with Gasteiger partial charge in [-0.1, -0.05) is 6.92 Å². The zero-order chi connectivity index (χ0) is 23.7. The smallest absolute Gasteiger partial charge is 0.406 e. The van der Waals surface area contributed by atoms with Gasteiger partial charge in [0.25, 0.3) is 0 Å². The molecule has 0 aliphatic carbocycles. The minimum atomic E-state index is -0.392. The first-order chi connectivity index (χ1) is 16.5. The van der Waals surface area contributed by atoms with Crippen LogP contribution in [0, 0.1) is 16.7 Å². The molecule has 4 heterocycles. The summed E-state index contributed by atoms with van der Waals surface area (Å²) in [5, 5.41) is 19.7. The van der Waals surface area contributed by atoms with Crippen LogP contribution >= 0.6 is 0 Å². The van der Waals surface area contributed by atoms with Gasteiger partial charge in [-0.15, -0.1) is 0 Å². The number of benzene rings is 1. The molecule has 176 valence electrons. The van der Waals surface area contributed by atoms with Gasteiger partial charge in [0.1, 0.15) is 5.82 Å². The Labute approximate surface area is 197 Å². The van der Waals surface area contributed by atoms with Gasteiger partial charge in [0.15, 0.2) is 17.0 Å². The van der Waals surface area contributed by atoms with E-state index < -0.39 is 6.09 Å². The lowest BCUT2D eigenvalue weighted by Crippen LogP contribution is -2.45. The van der Waals surface area contributed by atoms with E-state index >= 15 is 0 Å². The number of alkyl carbamates (subject to hydrolysis) is 1. The summed E-state index contributed by atoms with van der Waals surface area (Å²) in [6.07, 6.45) is 5.22. The molecule has 2 aromatic heterocycles. The average molecular weight is 461 g/mol. The van der Waals surface area contributed by atoms with Crippen molar-refractivity contribution in [3.63, 3.8) is 0 Å². The molecule has 0 radical (unpaired) electrons. The normalized spacial score (nSPS) is 17.2. The molecule has 0 unspecified atom stereocenters. The van der Waals surface area contributed by atoms with Crippen LogP contribution in [-0.2, 0) is 11.2 Å². The van der Waals surface area contributed by atoms with Crippen LogP contribution in [0.2, 0.25) is 0 Å². The maximum Gasteiger partial charge on any atom is 0.406 e. The first kappa shape index (κ1) is 21.9. The molecule has 1 aromatic carbocycles. The summed E-state index contributed by atoms with van der Waals surface area (Å²) in [4.78, 5) is 25.4. The van der Waals surface area contributed by atoms with Gasteiger partial charge in [-0.25, -0.2) is 14.8 Å². The van der Waals surface area contributed by atoms with Crippen LogP contribution in [0.1, 0.15) is 37.3 Å². The average Bonchev–Trinajstić information content (AvgIpc) is 3.30. The van der Waals surface area contributed by atoms with Crippen molar-refractivity contribution in [3.05, 3.63) is 35.5 Å². The fraction of sp³-hybridized carbons (Fsp3) is 0.458. The molecule has 5 rings (SSSR count). The third kappa shape index (κ3) is 4.09. The summed E-state index contributed by atoms with van der Waals surface area (Å²) < 4.78 is 4.69. The molecule has 1 amide bonds. The molecule has 0 atom stereocenters. The van der Waals surface area contributed by atoms with Crippen molar-refractivity contribution in [1.29, 1.82) is 5.26 Å². The lowest BCUT2D eigenvalue weighted by molar-refractivity contribution is 0.158. The van der Waals surface area contributed by atoms with Crippen LogP contribution in [0.25, 0.3) is 11.2 Å². The highest BCUT2D eigenvalue weighted by Crippen LogP contribution is 2.36. The summed E-state index contributed by atoms with van der Waals surface area (Å²) >= 11 is 0. The Morgan fingerprint density at radius 2 is 2.15 bits per heavy atom. The lowest BCUT2D eigenvalue weighted by atomic mass is 9.80. The number of nitriles is 1. The Kier molecular flexibility index (Phi) is 5.69. The molecule has 2 N–H and O–H groups in total. The number of anilines is 3. The van der Waals surface area contributed by atoms with Crippen molar-refractivity contribution in [1.82, 2.24) is 25.5 Å². The molecule has 34 heavy (non-hydrogen) atoms. The molecule has 0 spiro atoms. The number of carbonyl (C=O) groups excluding carboxylic acids is 1. The zero-order valence-electron chi connectivity index (χ0n) is 19.5. The molecule has 10 heteroatoms. The number of aryl methyl sites for hydroxylation is 1. The quantitative estimate of drug-likeness (QED) is 0.608. The summed E-state index contributed by atoms with van der Waals surface area (Å²) in [7, 11) is 1.38. The number of piperidine rings is 1. The predicted molar refractivity (Wildman–Crippen MR) is 128 cm³/mol. The number of rotatable bonds is 4. The van der Waals surface area contributed by atoms with Crippen molar-refractivity contribution < 1.29 is 9.53 Å². The Morgan fingerprint density at radius 3 is 2.91 bits per heavy atom. The number of carbonyl (C=O) groups is 1. The molecule has 0 bridgehead atoms. The number of ether oxygens (including phenoxy) is 1. The van der Waals surface area contributed by atoms with E-state index in [1.807, 2.05) is 24.4 Å². The molecule has 1 saturated heterocycles. The number of hydrogen-bond donors (Lipinski definition) is 2. The van der Waals surface area contributed by atoms with Crippen molar-refractivity contribution in [3.8, 4) is 6.07 Å². The second-order valence-corrected chi connectivity index (χ2v) is 9.33. The summed E-state index contributed by atoms with van der Waals surface area (Å²) in [6.45, 7) is 5.29. The first-order valence-electron chi connectivity index (χ1n) is 11.6. The van der Waals surface area contributed by atoms with Gasteiger partial charge in [-0.3, -0.25) is 5.10 Å². The van der Waals surface area contributed by atoms with Gasteiger partial charge in [0.2, 0.25) is 0 Å². The maximum absolute atomic E-state index is 11.4. The van der Waals surface area contributed by atoms with Crippen molar-refractivity contribution >= 4 is 34.6 Å². The Balaban J connectivity index is 1.33. The van der Waals surface area contributed by atoms with Gasteiger partial charge in [0, 0.05) is 31.9 Å². The highest BCUT2D eigenvalue weighted by atomic mass is 16.5. The largest absolute Gasteiger partial charge is 0.453 e. The molecule has 2 aliphatic heterocycles. The molecule has 10 nitrogen and oxygen atoms in total. The number of H-pyrrole nitrogens is 1. The summed E-state index contributed by atoms with van der Waals surface area (Å²) in [5.41, 5.74) is 4.33. The predicted octanol–water partition coefficient (Wildman–Crippen LogP) is 3.27. The SMILES string of the molecule is COC(=O)NCC1(C)CCN(c2cnc3c(N4CCCc5cc(C#N)ccc54)n[nH]c3n2)CC1. The number of methoxy groups -OCH3 is 1. The third-order valence-corrected chi connectivity index (χ3v) is 6.96. The fourth-order valence-corrected chi connectivity index (χ4v) is 4.82. The van der Waals surface area contributed by atoms with E-state index in [9.17, 15) is 10.1 Å². The summed E-state index contributed by atoms with van der Waals surface area (Å²) in [6, 6.07) is 8.03. The zero-order valence-corrected chi connectivity index (χ0v) is 19.5. The van der Waals surface area contributed by atoms with E-state index in [0.29, 0.717) is 17.8 Å². The highest BCUT2D eigenvalue weighted by Gasteiger charge is 2.31. The first-order valence-corrected chi connectivity index (χ1v) is 11.6. The van der Waals surface area contributed by atoms with E-state index in [-0.39, 0.29) is 5.41 Å². The second kappa shape index (κ2) is 8.82. The van der Waals surface area contributed by atoms with E-state index in [1.165, 1.54) is 7.11 Å². The van der Waals surface area contributed by atoms with E-state index in [0.717, 1.165) is 73.7 Å². The number of fused-ring (bicyclic) bond motifs is 2. The topological polar surface area (TPSA) is 123 Å². The number of hydrogen-bond acceptors (Lipinski definition) is 8. The molecular weight excluding hydrogens is 432 g/mol. The molecular formula is C24H28N8O2. The van der Waals surface area contributed by atoms with Gasteiger partial charge in [0.05, 0.1) is 24.9 Å². The number of nitrogens with zero attached hydrogens (tertiary/aromatic N) is 6. The highest BCUT2D eigenvalue weighted by molar-refractivity contribution is 5.87. The molecule has 0 saturated carbocycles. The Morgan fingerprint density at radius 1 is 1.32 bits per heavy atom. The van der Waals surface area contributed by atoms with Gasteiger partial charge < -0.3 is 19.9 Å². The second-order valence-electron chi connectivity index (χ2n) is 9.33. The van der Waals surface area contributed by atoms with Crippen molar-refractivity contribution in [2.24, 2.45) is 5.41 Å². The van der Waals surface area contributed by atoms with Crippen LogP contribution in [0.5, 0.6) is 0 Å². The van der Waals surface area contributed by atoms with E-state index in [1.54, 1.807) is 0 Å². The van der Waals surface area contributed by atoms with E-state index in [2.05, 4.69) is 43.0 Å². The van der Waals surface area contributed by atoms with Crippen LogP contribution in [-0.4, -0.2) is 59.5 Å². The van der Waals surface area contributed by atoms with Gasteiger partial charge >= 0.3 is 6.09 Å². The number of aromatic nitrogens is 4. The number of amides is 1. The number of nitrogens with one attached hydrogen (secondary N) is 2. The monoisotopic (exact) mass is 460 g/mol.